The smallest absolute Gasteiger partial charge is 0.253 e. The van der Waals surface area contributed by atoms with Gasteiger partial charge in [0.15, 0.2) is 0 Å². The first-order valence-electron chi connectivity index (χ1n) is 9.26. The van der Waals surface area contributed by atoms with E-state index in [-0.39, 0.29) is 17.9 Å². The van der Waals surface area contributed by atoms with Gasteiger partial charge in [0, 0.05) is 17.1 Å². The number of benzene rings is 2. The lowest BCUT2D eigenvalue weighted by Crippen LogP contribution is -2.36. The van der Waals surface area contributed by atoms with Crippen molar-refractivity contribution in [2.45, 2.75) is 38.1 Å². The van der Waals surface area contributed by atoms with Crippen molar-refractivity contribution < 1.29 is 9.59 Å². The van der Waals surface area contributed by atoms with Crippen LogP contribution in [0.5, 0.6) is 0 Å². The highest BCUT2D eigenvalue weighted by Crippen LogP contribution is 2.20. The predicted molar refractivity (Wildman–Crippen MR) is 110 cm³/mol. The molecular formula is C22H23ClN2O2. The minimum atomic E-state index is -0.289. The number of para-hydroxylation sites is 1. The third kappa shape index (κ3) is 5.69. The summed E-state index contributed by atoms with van der Waals surface area (Å²) in [6, 6.07) is 14.5. The number of halogens is 1. The van der Waals surface area contributed by atoms with Crippen LogP contribution >= 0.6 is 11.6 Å². The van der Waals surface area contributed by atoms with Gasteiger partial charge in [0.2, 0.25) is 5.91 Å². The van der Waals surface area contributed by atoms with Crippen LogP contribution < -0.4 is 10.6 Å². The van der Waals surface area contributed by atoms with E-state index in [0.717, 1.165) is 31.2 Å². The number of hydrogen-bond donors (Lipinski definition) is 2. The highest BCUT2D eigenvalue weighted by molar-refractivity contribution is 6.30. The topological polar surface area (TPSA) is 58.2 Å². The fourth-order valence-corrected chi connectivity index (χ4v) is 3.35. The molecule has 1 saturated carbocycles. The summed E-state index contributed by atoms with van der Waals surface area (Å²) in [4.78, 5) is 24.9. The Hall–Kier alpha value is -2.59. The minimum Gasteiger partial charge on any atom is -0.349 e. The summed E-state index contributed by atoms with van der Waals surface area (Å²) in [6.07, 6.45) is 8.72. The van der Waals surface area contributed by atoms with E-state index in [0.29, 0.717) is 16.3 Å². The Labute approximate surface area is 164 Å². The Morgan fingerprint density at radius 2 is 1.67 bits per heavy atom. The van der Waals surface area contributed by atoms with Crippen LogP contribution in [0.15, 0.2) is 54.6 Å². The maximum Gasteiger partial charge on any atom is 0.253 e. The number of nitrogens with one attached hydrogen (secondary N) is 2. The van der Waals surface area contributed by atoms with E-state index in [1.54, 1.807) is 42.5 Å². The summed E-state index contributed by atoms with van der Waals surface area (Å²) in [7, 11) is 0. The molecule has 0 aromatic heterocycles. The summed E-state index contributed by atoms with van der Waals surface area (Å²) >= 11 is 5.86. The lowest BCUT2D eigenvalue weighted by Gasteiger charge is -2.23. The first kappa shape index (κ1) is 19.2. The maximum atomic E-state index is 12.6. The standard InChI is InChI=1S/C22H23ClN2O2/c23-17-13-10-16(11-14-17)12-15-21(26)25-20-9-5-4-8-19(20)22(27)24-18-6-2-1-3-7-18/h4-5,8-15,18H,1-3,6-7H2,(H,24,27)(H,25,26). The number of carbonyl (C=O) groups is 2. The summed E-state index contributed by atoms with van der Waals surface area (Å²) in [5.41, 5.74) is 1.87. The van der Waals surface area contributed by atoms with Gasteiger partial charge in [0.1, 0.15) is 0 Å². The molecule has 2 amide bonds. The zero-order valence-electron chi connectivity index (χ0n) is 15.1. The molecule has 2 aromatic carbocycles. The van der Waals surface area contributed by atoms with Crippen LogP contribution in [0.4, 0.5) is 5.69 Å². The summed E-state index contributed by atoms with van der Waals surface area (Å²) in [6.45, 7) is 0. The van der Waals surface area contributed by atoms with E-state index >= 15 is 0 Å². The minimum absolute atomic E-state index is 0.139. The fraction of sp³-hybridized carbons (Fsp3) is 0.273. The quantitative estimate of drug-likeness (QED) is 0.710. The molecule has 0 heterocycles. The third-order valence-electron chi connectivity index (χ3n) is 4.67. The van der Waals surface area contributed by atoms with Gasteiger partial charge in [-0.05, 0) is 48.7 Å². The van der Waals surface area contributed by atoms with Gasteiger partial charge >= 0.3 is 0 Å². The zero-order chi connectivity index (χ0) is 19.1. The molecule has 0 unspecified atom stereocenters. The lowest BCUT2D eigenvalue weighted by molar-refractivity contribution is -0.111. The summed E-state index contributed by atoms with van der Waals surface area (Å²) < 4.78 is 0. The van der Waals surface area contributed by atoms with Crippen LogP contribution in [0.25, 0.3) is 6.08 Å². The highest BCUT2D eigenvalue weighted by Gasteiger charge is 2.18. The second-order valence-electron chi connectivity index (χ2n) is 6.73. The number of anilines is 1. The molecule has 2 N–H and O–H groups in total. The number of carbonyl (C=O) groups excluding carboxylic acids is 2. The van der Waals surface area contributed by atoms with E-state index in [4.69, 9.17) is 11.6 Å². The van der Waals surface area contributed by atoms with E-state index in [1.807, 2.05) is 12.1 Å². The average Bonchev–Trinajstić information content (AvgIpc) is 2.69. The van der Waals surface area contributed by atoms with E-state index in [2.05, 4.69) is 10.6 Å². The molecule has 0 spiro atoms. The average molecular weight is 383 g/mol. The molecule has 2 aromatic rings. The van der Waals surface area contributed by atoms with Crippen molar-refractivity contribution in [2.75, 3.05) is 5.32 Å². The molecule has 0 radical (unpaired) electrons. The molecule has 140 valence electrons. The Kier molecular flexibility index (Phi) is 6.66. The molecule has 27 heavy (non-hydrogen) atoms. The van der Waals surface area contributed by atoms with Gasteiger partial charge in [-0.1, -0.05) is 55.1 Å². The molecule has 0 saturated heterocycles. The fourth-order valence-electron chi connectivity index (χ4n) is 3.22. The third-order valence-corrected chi connectivity index (χ3v) is 4.92. The van der Waals surface area contributed by atoms with Crippen LogP contribution in [-0.4, -0.2) is 17.9 Å². The molecule has 5 heteroatoms. The second-order valence-corrected chi connectivity index (χ2v) is 7.16. The molecule has 1 aliphatic rings. The van der Waals surface area contributed by atoms with Crippen molar-refractivity contribution in [3.05, 3.63) is 70.8 Å². The van der Waals surface area contributed by atoms with Gasteiger partial charge in [0.25, 0.3) is 5.91 Å². The van der Waals surface area contributed by atoms with Crippen molar-refractivity contribution in [1.82, 2.24) is 5.32 Å². The molecule has 1 fully saturated rings. The summed E-state index contributed by atoms with van der Waals surface area (Å²) in [5, 5.41) is 6.54. The van der Waals surface area contributed by atoms with Gasteiger partial charge < -0.3 is 10.6 Å². The monoisotopic (exact) mass is 382 g/mol. The summed E-state index contributed by atoms with van der Waals surface area (Å²) in [5.74, 6) is -0.428. The van der Waals surface area contributed by atoms with Gasteiger partial charge in [0.05, 0.1) is 11.3 Å². The SMILES string of the molecule is O=C(C=Cc1ccc(Cl)cc1)Nc1ccccc1C(=O)NC1CCCCC1. The first-order valence-corrected chi connectivity index (χ1v) is 9.64. The van der Waals surface area contributed by atoms with Crippen LogP contribution in [-0.2, 0) is 4.79 Å². The van der Waals surface area contributed by atoms with Crippen LogP contribution in [0.2, 0.25) is 5.02 Å². The Balaban J connectivity index is 1.65. The van der Waals surface area contributed by atoms with Crippen LogP contribution in [0, 0.1) is 0 Å². The number of rotatable bonds is 5. The molecule has 0 atom stereocenters. The molecular weight excluding hydrogens is 360 g/mol. The van der Waals surface area contributed by atoms with Crippen LogP contribution in [0.1, 0.15) is 48.0 Å². The van der Waals surface area contributed by atoms with Gasteiger partial charge in [-0.3, -0.25) is 9.59 Å². The lowest BCUT2D eigenvalue weighted by atomic mass is 9.95. The van der Waals surface area contributed by atoms with Crippen molar-refractivity contribution >= 4 is 35.2 Å². The van der Waals surface area contributed by atoms with Gasteiger partial charge in [-0.25, -0.2) is 0 Å². The highest BCUT2D eigenvalue weighted by atomic mass is 35.5. The number of hydrogen-bond acceptors (Lipinski definition) is 2. The maximum absolute atomic E-state index is 12.6. The predicted octanol–water partition coefficient (Wildman–Crippen LogP) is 5.05. The van der Waals surface area contributed by atoms with Crippen molar-refractivity contribution in [3.63, 3.8) is 0 Å². The molecule has 4 nitrogen and oxygen atoms in total. The van der Waals surface area contributed by atoms with Crippen molar-refractivity contribution in [1.29, 1.82) is 0 Å². The van der Waals surface area contributed by atoms with Crippen LogP contribution in [0.3, 0.4) is 0 Å². The van der Waals surface area contributed by atoms with E-state index in [9.17, 15) is 9.59 Å². The molecule has 0 aliphatic heterocycles. The van der Waals surface area contributed by atoms with Crippen molar-refractivity contribution in [3.8, 4) is 0 Å². The Morgan fingerprint density at radius 3 is 2.41 bits per heavy atom. The molecule has 0 bridgehead atoms. The molecule has 3 rings (SSSR count). The molecule has 1 aliphatic carbocycles. The van der Waals surface area contributed by atoms with Crippen molar-refractivity contribution in [2.24, 2.45) is 0 Å². The first-order chi connectivity index (χ1) is 13.1. The van der Waals surface area contributed by atoms with Gasteiger partial charge in [-0.15, -0.1) is 0 Å². The van der Waals surface area contributed by atoms with E-state index < -0.39 is 0 Å². The normalized spacial score (nSPS) is 14.9. The van der Waals surface area contributed by atoms with Gasteiger partial charge in [-0.2, -0.15) is 0 Å². The Morgan fingerprint density at radius 1 is 0.963 bits per heavy atom. The zero-order valence-corrected chi connectivity index (χ0v) is 15.8. The Bertz CT molecular complexity index is 824. The number of amides is 2. The second kappa shape index (κ2) is 9.38. The van der Waals surface area contributed by atoms with E-state index in [1.165, 1.54) is 12.5 Å². The largest absolute Gasteiger partial charge is 0.349 e.